The minimum absolute atomic E-state index is 0.677. The molecule has 0 spiro atoms. The van der Waals surface area contributed by atoms with Crippen molar-refractivity contribution < 1.29 is 0 Å². The fourth-order valence-electron chi connectivity index (χ4n) is 3.30. The van der Waals surface area contributed by atoms with Crippen molar-refractivity contribution in [3.63, 3.8) is 0 Å². The molecule has 0 saturated heterocycles. The van der Waals surface area contributed by atoms with Crippen LogP contribution >= 0.6 is 0 Å². The molecule has 0 bridgehead atoms. The van der Waals surface area contributed by atoms with E-state index in [1.165, 1.54) is 51.4 Å². The summed E-state index contributed by atoms with van der Waals surface area (Å²) in [6, 6.07) is 0.795. The Kier molecular flexibility index (Phi) is 9.29. The third-order valence-electron chi connectivity index (χ3n) is 4.68. The van der Waals surface area contributed by atoms with E-state index >= 15 is 0 Å². The Morgan fingerprint density at radius 2 is 1.91 bits per heavy atom. The number of aryl methyl sites for hydroxylation is 1. The van der Waals surface area contributed by atoms with Crippen LogP contribution in [0.2, 0.25) is 0 Å². The number of nitrogens with one attached hydrogen (secondary N) is 2. The number of hydrogen-bond acceptors (Lipinski definition) is 4. The SMILES string of the molecule is NCCc1cn(CCCCNCCCNC2CCCCC2)cn1. The molecule has 1 aliphatic carbocycles. The smallest absolute Gasteiger partial charge is 0.0949 e. The largest absolute Gasteiger partial charge is 0.337 e. The van der Waals surface area contributed by atoms with E-state index < -0.39 is 0 Å². The normalized spacial score (nSPS) is 16.0. The van der Waals surface area contributed by atoms with Crippen LogP contribution in [0.3, 0.4) is 0 Å². The van der Waals surface area contributed by atoms with Crippen LogP contribution in [0.1, 0.15) is 57.1 Å². The van der Waals surface area contributed by atoms with E-state index in [9.17, 15) is 0 Å². The summed E-state index contributed by atoms with van der Waals surface area (Å²) in [7, 11) is 0. The zero-order chi connectivity index (χ0) is 16.2. The van der Waals surface area contributed by atoms with Crippen molar-refractivity contribution in [1.82, 2.24) is 20.2 Å². The lowest BCUT2D eigenvalue weighted by molar-refractivity contribution is 0.371. The van der Waals surface area contributed by atoms with Crippen LogP contribution in [-0.4, -0.2) is 41.8 Å². The summed E-state index contributed by atoms with van der Waals surface area (Å²) in [6.07, 6.45) is 15.6. The number of nitrogens with two attached hydrogens (primary N) is 1. The predicted octanol–water partition coefficient (Wildman–Crippen LogP) is 2.07. The van der Waals surface area contributed by atoms with Gasteiger partial charge in [0.1, 0.15) is 0 Å². The molecule has 0 radical (unpaired) electrons. The standard InChI is InChI=1S/C18H35N5/c19-10-9-18-15-23(16-22-18)14-5-4-11-20-12-6-13-21-17-7-2-1-3-8-17/h15-17,20-21H,1-14,19H2. The molecular weight excluding hydrogens is 286 g/mol. The molecule has 2 rings (SSSR count). The maximum Gasteiger partial charge on any atom is 0.0949 e. The highest BCUT2D eigenvalue weighted by atomic mass is 15.0. The molecule has 0 aromatic carbocycles. The molecule has 0 atom stereocenters. The monoisotopic (exact) mass is 321 g/mol. The average molecular weight is 322 g/mol. The van der Waals surface area contributed by atoms with Gasteiger partial charge in [-0.25, -0.2) is 4.98 Å². The topological polar surface area (TPSA) is 67.9 Å². The Morgan fingerprint density at radius 3 is 2.74 bits per heavy atom. The Hall–Kier alpha value is -0.910. The molecule has 0 aliphatic heterocycles. The summed E-state index contributed by atoms with van der Waals surface area (Å²) in [5, 5.41) is 7.25. The summed E-state index contributed by atoms with van der Waals surface area (Å²) < 4.78 is 2.18. The van der Waals surface area contributed by atoms with E-state index in [0.717, 1.165) is 44.3 Å². The first-order valence-corrected chi connectivity index (χ1v) is 9.53. The molecule has 23 heavy (non-hydrogen) atoms. The van der Waals surface area contributed by atoms with Crippen LogP contribution in [0.25, 0.3) is 0 Å². The average Bonchev–Trinajstić information content (AvgIpc) is 3.02. The lowest BCUT2D eigenvalue weighted by Gasteiger charge is -2.22. The molecule has 0 amide bonds. The van der Waals surface area contributed by atoms with E-state index in [1.807, 2.05) is 6.33 Å². The minimum Gasteiger partial charge on any atom is -0.337 e. The second-order valence-corrected chi connectivity index (χ2v) is 6.74. The molecule has 1 saturated carbocycles. The predicted molar refractivity (Wildman–Crippen MR) is 96.6 cm³/mol. The first kappa shape index (κ1) is 18.4. The molecular formula is C18H35N5. The van der Waals surface area contributed by atoms with Gasteiger partial charge in [0, 0.05) is 25.2 Å². The van der Waals surface area contributed by atoms with Crippen LogP contribution in [-0.2, 0) is 13.0 Å². The Labute approximate surface area is 141 Å². The maximum atomic E-state index is 5.54. The van der Waals surface area contributed by atoms with Gasteiger partial charge in [-0.05, 0) is 58.3 Å². The first-order valence-electron chi connectivity index (χ1n) is 9.53. The van der Waals surface area contributed by atoms with Gasteiger partial charge in [-0.2, -0.15) is 0 Å². The van der Waals surface area contributed by atoms with Gasteiger partial charge < -0.3 is 20.9 Å². The van der Waals surface area contributed by atoms with Crippen LogP contribution in [0.5, 0.6) is 0 Å². The number of hydrogen-bond donors (Lipinski definition) is 3. The van der Waals surface area contributed by atoms with Gasteiger partial charge in [-0.15, -0.1) is 0 Å². The van der Waals surface area contributed by atoms with E-state index in [1.54, 1.807) is 0 Å². The Morgan fingerprint density at radius 1 is 1.09 bits per heavy atom. The van der Waals surface area contributed by atoms with Gasteiger partial charge in [-0.3, -0.25) is 0 Å². The van der Waals surface area contributed by atoms with Crippen molar-refractivity contribution in [2.24, 2.45) is 5.73 Å². The number of imidazole rings is 1. The maximum absolute atomic E-state index is 5.54. The fraction of sp³-hybridized carbons (Fsp3) is 0.833. The zero-order valence-electron chi connectivity index (χ0n) is 14.6. The summed E-state index contributed by atoms with van der Waals surface area (Å²) in [5.41, 5.74) is 6.65. The minimum atomic E-state index is 0.677. The summed E-state index contributed by atoms with van der Waals surface area (Å²) in [4.78, 5) is 4.35. The van der Waals surface area contributed by atoms with Crippen molar-refractivity contribution in [1.29, 1.82) is 0 Å². The molecule has 1 aliphatic rings. The zero-order valence-corrected chi connectivity index (χ0v) is 14.6. The van der Waals surface area contributed by atoms with Gasteiger partial charge in [0.05, 0.1) is 12.0 Å². The Balaban J connectivity index is 1.37. The van der Waals surface area contributed by atoms with E-state index in [2.05, 4.69) is 26.4 Å². The highest BCUT2D eigenvalue weighted by Crippen LogP contribution is 2.17. The van der Waals surface area contributed by atoms with Crippen molar-refractivity contribution in [2.75, 3.05) is 26.2 Å². The molecule has 1 fully saturated rings. The van der Waals surface area contributed by atoms with Gasteiger partial charge in [0.15, 0.2) is 0 Å². The van der Waals surface area contributed by atoms with Gasteiger partial charge >= 0.3 is 0 Å². The lowest BCUT2D eigenvalue weighted by atomic mass is 9.95. The third-order valence-corrected chi connectivity index (χ3v) is 4.68. The molecule has 1 aromatic rings. The van der Waals surface area contributed by atoms with Gasteiger partial charge in [0.2, 0.25) is 0 Å². The first-order chi connectivity index (χ1) is 11.4. The van der Waals surface area contributed by atoms with Crippen molar-refractivity contribution in [2.45, 2.75) is 70.4 Å². The van der Waals surface area contributed by atoms with E-state index in [-0.39, 0.29) is 0 Å². The van der Waals surface area contributed by atoms with Crippen LogP contribution < -0.4 is 16.4 Å². The number of rotatable bonds is 12. The molecule has 1 aromatic heterocycles. The summed E-state index contributed by atoms with van der Waals surface area (Å²) in [5.74, 6) is 0. The molecule has 5 heteroatoms. The van der Waals surface area contributed by atoms with Crippen LogP contribution in [0.15, 0.2) is 12.5 Å². The van der Waals surface area contributed by atoms with Crippen LogP contribution in [0.4, 0.5) is 0 Å². The second-order valence-electron chi connectivity index (χ2n) is 6.74. The summed E-state index contributed by atoms with van der Waals surface area (Å²) >= 11 is 0. The molecule has 1 heterocycles. The molecule has 5 nitrogen and oxygen atoms in total. The number of unbranched alkanes of at least 4 members (excludes halogenated alkanes) is 1. The highest BCUT2D eigenvalue weighted by Gasteiger charge is 2.11. The summed E-state index contributed by atoms with van der Waals surface area (Å²) in [6.45, 7) is 5.15. The van der Waals surface area contributed by atoms with Crippen molar-refractivity contribution in [3.05, 3.63) is 18.2 Å². The van der Waals surface area contributed by atoms with Crippen LogP contribution in [0, 0.1) is 0 Å². The molecule has 132 valence electrons. The van der Waals surface area contributed by atoms with Gasteiger partial charge in [0.25, 0.3) is 0 Å². The molecule has 4 N–H and O–H groups in total. The highest BCUT2D eigenvalue weighted by molar-refractivity contribution is 4.96. The molecule has 0 unspecified atom stereocenters. The number of aromatic nitrogens is 2. The third kappa shape index (κ3) is 7.95. The van der Waals surface area contributed by atoms with E-state index in [0.29, 0.717) is 6.54 Å². The number of nitrogens with zero attached hydrogens (tertiary/aromatic N) is 2. The van der Waals surface area contributed by atoms with E-state index in [4.69, 9.17) is 5.73 Å². The van der Waals surface area contributed by atoms with Crippen molar-refractivity contribution >= 4 is 0 Å². The van der Waals surface area contributed by atoms with Crippen molar-refractivity contribution in [3.8, 4) is 0 Å². The quantitative estimate of drug-likeness (QED) is 0.516. The van der Waals surface area contributed by atoms with Gasteiger partial charge in [-0.1, -0.05) is 19.3 Å². The second kappa shape index (κ2) is 11.6. The lowest BCUT2D eigenvalue weighted by Crippen LogP contribution is -2.33. The Bertz CT molecular complexity index is 398. The fourth-order valence-corrected chi connectivity index (χ4v) is 3.30.